The van der Waals surface area contributed by atoms with Crippen LogP contribution in [0.2, 0.25) is 0 Å². The van der Waals surface area contributed by atoms with Gasteiger partial charge in [0.2, 0.25) is 5.91 Å². The van der Waals surface area contributed by atoms with E-state index in [9.17, 15) is 9.59 Å². The molecule has 5 heteroatoms. The van der Waals surface area contributed by atoms with Crippen LogP contribution in [0.15, 0.2) is 35.1 Å². The second kappa shape index (κ2) is 5.09. The van der Waals surface area contributed by atoms with Crippen LogP contribution in [0.3, 0.4) is 0 Å². The molecule has 20 heavy (non-hydrogen) atoms. The summed E-state index contributed by atoms with van der Waals surface area (Å²) in [5.41, 5.74) is 1.46. The molecule has 1 amide bonds. The molecule has 1 aromatic carbocycles. The van der Waals surface area contributed by atoms with Gasteiger partial charge in [0.15, 0.2) is 0 Å². The maximum atomic E-state index is 12.1. The number of aromatic amines is 1. The Bertz CT molecular complexity index is 708. The van der Waals surface area contributed by atoms with Gasteiger partial charge in [0.25, 0.3) is 5.56 Å². The van der Waals surface area contributed by atoms with Crippen molar-refractivity contribution in [1.82, 2.24) is 15.2 Å². The van der Waals surface area contributed by atoms with Crippen LogP contribution in [-0.2, 0) is 11.3 Å². The fourth-order valence-electron chi connectivity index (χ4n) is 2.57. The van der Waals surface area contributed by atoms with E-state index in [4.69, 9.17) is 0 Å². The highest BCUT2D eigenvalue weighted by Gasteiger charge is 2.25. The molecule has 1 saturated heterocycles. The Balaban J connectivity index is 1.92. The van der Waals surface area contributed by atoms with E-state index in [1.807, 2.05) is 42.2 Å². The molecule has 1 aliphatic rings. The third kappa shape index (κ3) is 2.32. The van der Waals surface area contributed by atoms with Crippen molar-refractivity contribution in [2.75, 3.05) is 13.1 Å². The zero-order chi connectivity index (χ0) is 14.1. The second-order valence-electron chi connectivity index (χ2n) is 5.15. The first-order chi connectivity index (χ1) is 9.65. The molecule has 2 aromatic rings. The summed E-state index contributed by atoms with van der Waals surface area (Å²) in [5, 5.41) is 3.84. The van der Waals surface area contributed by atoms with Gasteiger partial charge in [-0.25, -0.2) is 0 Å². The Hall–Kier alpha value is -2.14. The number of aromatic nitrogens is 1. The van der Waals surface area contributed by atoms with Crippen molar-refractivity contribution >= 4 is 16.8 Å². The minimum absolute atomic E-state index is 0.0217. The van der Waals surface area contributed by atoms with E-state index >= 15 is 0 Å². The van der Waals surface area contributed by atoms with Crippen LogP contribution in [0.1, 0.15) is 12.5 Å². The zero-order valence-corrected chi connectivity index (χ0v) is 11.3. The van der Waals surface area contributed by atoms with Crippen molar-refractivity contribution in [3.63, 3.8) is 0 Å². The van der Waals surface area contributed by atoms with E-state index < -0.39 is 0 Å². The molecule has 3 rings (SSSR count). The standard InChI is InChI=1S/C15H17N3O2/c1-10-14(19)16-6-7-18(10)9-12-8-11-4-2-3-5-13(11)17-15(12)20/h2-5,8,10H,6-7,9H2,1H3,(H,16,19)(H,17,20). The smallest absolute Gasteiger partial charge is 0.252 e. The second-order valence-corrected chi connectivity index (χ2v) is 5.15. The maximum absolute atomic E-state index is 12.1. The highest BCUT2D eigenvalue weighted by atomic mass is 16.2. The van der Waals surface area contributed by atoms with Crippen molar-refractivity contribution in [3.05, 3.63) is 46.2 Å². The summed E-state index contributed by atoms with van der Waals surface area (Å²) < 4.78 is 0. The Labute approximate surface area is 116 Å². The topological polar surface area (TPSA) is 65.2 Å². The van der Waals surface area contributed by atoms with E-state index in [2.05, 4.69) is 10.3 Å². The van der Waals surface area contributed by atoms with Gasteiger partial charge in [0.1, 0.15) is 0 Å². The molecule has 1 aliphatic heterocycles. The van der Waals surface area contributed by atoms with Crippen molar-refractivity contribution in [2.45, 2.75) is 19.5 Å². The van der Waals surface area contributed by atoms with Crippen LogP contribution < -0.4 is 10.9 Å². The molecule has 0 radical (unpaired) electrons. The molecule has 5 nitrogen and oxygen atoms in total. The van der Waals surface area contributed by atoms with E-state index in [0.29, 0.717) is 18.7 Å². The van der Waals surface area contributed by atoms with Crippen LogP contribution in [0.25, 0.3) is 10.9 Å². The molecular weight excluding hydrogens is 254 g/mol. The number of para-hydroxylation sites is 1. The summed E-state index contributed by atoms with van der Waals surface area (Å²) in [6.07, 6.45) is 0. The Morgan fingerprint density at radius 2 is 2.10 bits per heavy atom. The molecule has 0 spiro atoms. The minimum Gasteiger partial charge on any atom is -0.353 e. The van der Waals surface area contributed by atoms with Crippen molar-refractivity contribution in [3.8, 4) is 0 Å². The number of benzene rings is 1. The summed E-state index contributed by atoms with van der Waals surface area (Å²) in [6, 6.07) is 9.41. The highest BCUT2D eigenvalue weighted by molar-refractivity contribution is 5.82. The van der Waals surface area contributed by atoms with Gasteiger partial charge in [-0.2, -0.15) is 0 Å². The molecule has 0 bridgehead atoms. The number of carbonyl (C=O) groups is 1. The lowest BCUT2D eigenvalue weighted by molar-refractivity contribution is -0.128. The van der Waals surface area contributed by atoms with Gasteiger partial charge in [-0.1, -0.05) is 18.2 Å². The molecule has 2 N–H and O–H groups in total. The lowest BCUT2D eigenvalue weighted by atomic mass is 10.1. The zero-order valence-electron chi connectivity index (χ0n) is 11.3. The molecular formula is C15H17N3O2. The van der Waals surface area contributed by atoms with Crippen LogP contribution in [0, 0.1) is 0 Å². The summed E-state index contributed by atoms with van der Waals surface area (Å²) in [4.78, 5) is 28.7. The van der Waals surface area contributed by atoms with Crippen molar-refractivity contribution < 1.29 is 4.79 Å². The van der Waals surface area contributed by atoms with Gasteiger partial charge in [-0.15, -0.1) is 0 Å². The van der Waals surface area contributed by atoms with Crippen LogP contribution >= 0.6 is 0 Å². The third-order valence-electron chi connectivity index (χ3n) is 3.83. The third-order valence-corrected chi connectivity index (χ3v) is 3.83. The molecule has 1 atom stereocenters. The fourth-order valence-corrected chi connectivity index (χ4v) is 2.57. The number of amides is 1. The van der Waals surface area contributed by atoms with Gasteiger partial charge in [0, 0.05) is 30.7 Å². The number of nitrogens with one attached hydrogen (secondary N) is 2. The van der Waals surface area contributed by atoms with Crippen LogP contribution in [-0.4, -0.2) is 34.9 Å². The number of hydrogen-bond acceptors (Lipinski definition) is 3. The predicted molar refractivity (Wildman–Crippen MR) is 77.5 cm³/mol. The van der Waals surface area contributed by atoms with Crippen molar-refractivity contribution in [2.24, 2.45) is 0 Å². The molecule has 2 heterocycles. The summed E-state index contributed by atoms with van der Waals surface area (Å²) in [6.45, 7) is 3.76. The van der Waals surface area contributed by atoms with Gasteiger partial charge in [-0.3, -0.25) is 14.5 Å². The number of piperazine rings is 1. The molecule has 1 aromatic heterocycles. The predicted octanol–water partition coefficient (Wildman–Crippen LogP) is 0.848. The van der Waals surface area contributed by atoms with E-state index in [1.165, 1.54) is 0 Å². The summed E-state index contributed by atoms with van der Waals surface area (Å²) in [7, 11) is 0. The molecule has 0 aliphatic carbocycles. The first-order valence-corrected chi connectivity index (χ1v) is 6.78. The number of hydrogen-bond donors (Lipinski definition) is 2. The van der Waals surface area contributed by atoms with Gasteiger partial charge >= 0.3 is 0 Å². The largest absolute Gasteiger partial charge is 0.353 e. The van der Waals surface area contributed by atoms with Gasteiger partial charge in [-0.05, 0) is 24.4 Å². The number of pyridine rings is 1. The Kier molecular flexibility index (Phi) is 3.28. The summed E-state index contributed by atoms with van der Waals surface area (Å²) >= 11 is 0. The van der Waals surface area contributed by atoms with Gasteiger partial charge in [0.05, 0.1) is 6.04 Å². The fraction of sp³-hybridized carbons (Fsp3) is 0.333. The average Bonchev–Trinajstić information content (AvgIpc) is 2.44. The highest BCUT2D eigenvalue weighted by Crippen LogP contribution is 2.13. The van der Waals surface area contributed by atoms with Crippen LogP contribution in [0.4, 0.5) is 0 Å². The number of fused-ring (bicyclic) bond motifs is 1. The number of nitrogens with zero attached hydrogens (tertiary/aromatic N) is 1. The molecule has 0 saturated carbocycles. The molecule has 1 unspecified atom stereocenters. The van der Waals surface area contributed by atoms with E-state index in [0.717, 1.165) is 17.4 Å². The Morgan fingerprint density at radius 1 is 1.30 bits per heavy atom. The minimum atomic E-state index is -0.199. The number of rotatable bonds is 2. The average molecular weight is 271 g/mol. The SMILES string of the molecule is CC1C(=O)NCCN1Cc1cc2ccccc2[nH]c1=O. The summed E-state index contributed by atoms with van der Waals surface area (Å²) in [5.74, 6) is 0.0217. The monoisotopic (exact) mass is 271 g/mol. The Morgan fingerprint density at radius 3 is 2.95 bits per heavy atom. The van der Waals surface area contributed by atoms with E-state index in [-0.39, 0.29) is 17.5 Å². The number of carbonyl (C=O) groups excluding carboxylic acids is 1. The maximum Gasteiger partial charge on any atom is 0.252 e. The van der Waals surface area contributed by atoms with E-state index in [1.54, 1.807) is 0 Å². The first kappa shape index (κ1) is 12.9. The first-order valence-electron chi connectivity index (χ1n) is 6.78. The molecule has 1 fully saturated rings. The van der Waals surface area contributed by atoms with Gasteiger partial charge < -0.3 is 10.3 Å². The number of H-pyrrole nitrogens is 1. The quantitative estimate of drug-likeness (QED) is 0.851. The van der Waals surface area contributed by atoms with Crippen molar-refractivity contribution in [1.29, 1.82) is 0 Å². The van der Waals surface area contributed by atoms with Crippen LogP contribution in [0.5, 0.6) is 0 Å². The molecule has 104 valence electrons. The lowest BCUT2D eigenvalue weighted by Crippen LogP contribution is -2.53. The normalized spacial score (nSPS) is 20.1. The lowest BCUT2D eigenvalue weighted by Gasteiger charge is -2.32.